The van der Waals surface area contributed by atoms with Crippen molar-refractivity contribution in [2.75, 3.05) is 12.4 Å². The maximum atomic E-state index is 12.7. The fourth-order valence-electron chi connectivity index (χ4n) is 2.68. The SMILES string of the molecule is COC(=O)c1ccccc1NC(=O)c1cccn(Cc2ccccc2)c1=O. The molecule has 2 aromatic carbocycles. The number of hydrogen-bond acceptors (Lipinski definition) is 4. The highest BCUT2D eigenvalue weighted by Gasteiger charge is 2.17. The van der Waals surface area contributed by atoms with Crippen LogP contribution >= 0.6 is 0 Å². The third-order valence-corrected chi connectivity index (χ3v) is 4.04. The molecule has 0 aliphatic carbocycles. The van der Waals surface area contributed by atoms with Crippen LogP contribution in [0.1, 0.15) is 26.3 Å². The van der Waals surface area contributed by atoms with Crippen LogP contribution in [0.25, 0.3) is 0 Å². The summed E-state index contributed by atoms with van der Waals surface area (Å²) in [5.41, 5.74) is 1.04. The van der Waals surface area contributed by atoms with Gasteiger partial charge in [-0.25, -0.2) is 4.79 Å². The van der Waals surface area contributed by atoms with Crippen molar-refractivity contribution in [3.63, 3.8) is 0 Å². The number of nitrogens with zero attached hydrogens (tertiary/aromatic N) is 1. The van der Waals surface area contributed by atoms with E-state index in [4.69, 9.17) is 4.74 Å². The van der Waals surface area contributed by atoms with Crippen LogP contribution in [0.4, 0.5) is 5.69 Å². The third-order valence-electron chi connectivity index (χ3n) is 4.04. The van der Waals surface area contributed by atoms with Crippen LogP contribution in [-0.2, 0) is 11.3 Å². The summed E-state index contributed by atoms with van der Waals surface area (Å²) >= 11 is 0. The van der Waals surface area contributed by atoms with E-state index in [1.807, 2.05) is 30.3 Å². The lowest BCUT2D eigenvalue weighted by Crippen LogP contribution is -2.29. The number of hydrogen-bond donors (Lipinski definition) is 1. The van der Waals surface area contributed by atoms with E-state index in [-0.39, 0.29) is 16.8 Å². The molecule has 27 heavy (non-hydrogen) atoms. The van der Waals surface area contributed by atoms with E-state index in [9.17, 15) is 14.4 Å². The summed E-state index contributed by atoms with van der Waals surface area (Å²) in [4.78, 5) is 37.2. The van der Waals surface area contributed by atoms with Crippen LogP contribution in [0.2, 0.25) is 0 Å². The number of aromatic nitrogens is 1. The van der Waals surface area contributed by atoms with E-state index >= 15 is 0 Å². The van der Waals surface area contributed by atoms with Crippen molar-refractivity contribution in [1.82, 2.24) is 4.57 Å². The predicted molar refractivity (Wildman–Crippen MR) is 102 cm³/mol. The average Bonchev–Trinajstić information content (AvgIpc) is 2.70. The molecular weight excluding hydrogens is 344 g/mol. The molecule has 3 rings (SSSR count). The second-order valence-electron chi connectivity index (χ2n) is 5.83. The number of pyridine rings is 1. The van der Waals surface area contributed by atoms with Crippen LogP contribution in [0.15, 0.2) is 77.7 Å². The molecule has 136 valence electrons. The van der Waals surface area contributed by atoms with Crippen molar-refractivity contribution in [3.05, 3.63) is 100.0 Å². The van der Waals surface area contributed by atoms with Gasteiger partial charge in [-0.1, -0.05) is 42.5 Å². The minimum Gasteiger partial charge on any atom is -0.465 e. The lowest BCUT2D eigenvalue weighted by molar-refractivity contribution is 0.0602. The van der Waals surface area contributed by atoms with Crippen molar-refractivity contribution in [2.24, 2.45) is 0 Å². The normalized spacial score (nSPS) is 10.3. The minimum atomic E-state index is -0.584. The number of para-hydroxylation sites is 1. The molecule has 0 fully saturated rings. The van der Waals surface area contributed by atoms with Crippen molar-refractivity contribution in [1.29, 1.82) is 0 Å². The number of benzene rings is 2. The van der Waals surface area contributed by atoms with Crippen molar-refractivity contribution in [2.45, 2.75) is 6.54 Å². The van der Waals surface area contributed by atoms with Gasteiger partial charge in [0, 0.05) is 6.20 Å². The molecule has 0 aliphatic heterocycles. The number of nitrogens with one attached hydrogen (secondary N) is 1. The Bertz CT molecular complexity index is 1030. The van der Waals surface area contributed by atoms with Crippen molar-refractivity contribution in [3.8, 4) is 0 Å². The van der Waals surface area contributed by atoms with Gasteiger partial charge in [-0.3, -0.25) is 9.59 Å². The van der Waals surface area contributed by atoms with Crippen LogP contribution in [0.3, 0.4) is 0 Å². The number of esters is 1. The summed E-state index contributed by atoms with van der Waals surface area (Å²) in [5.74, 6) is -1.15. The molecule has 3 aromatic rings. The van der Waals surface area contributed by atoms with Crippen LogP contribution in [-0.4, -0.2) is 23.6 Å². The predicted octanol–water partition coefficient (Wildman–Crippen LogP) is 2.94. The first kappa shape index (κ1) is 18.1. The number of amides is 1. The van der Waals surface area contributed by atoms with E-state index in [1.54, 1.807) is 36.5 Å². The number of carbonyl (C=O) groups is 2. The van der Waals surface area contributed by atoms with Gasteiger partial charge in [0.2, 0.25) is 0 Å². The Balaban J connectivity index is 1.87. The Hall–Kier alpha value is -3.67. The summed E-state index contributed by atoms with van der Waals surface area (Å²) in [6.45, 7) is 0.361. The van der Waals surface area contributed by atoms with E-state index in [0.717, 1.165) is 5.56 Å². The Morgan fingerprint density at radius 3 is 2.33 bits per heavy atom. The van der Waals surface area contributed by atoms with Crippen molar-refractivity contribution < 1.29 is 14.3 Å². The average molecular weight is 362 g/mol. The Morgan fingerprint density at radius 2 is 1.59 bits per heavy atom. The minimum absolute atomic E-state index is 0.00639. The van der Waals surface area contributed by atoms with Crippen LogP contribution in [0.5, 0.6) is 0 Å². The van der Waals surface area contributed by atoms with Gasteiger partial charge in [0.05, 0.1) is 24.9 Å². The Morgan fingerprint density at radius 1 is 0.926 bits per heavy atom. The summed E-state index contributed by atoms with van der Waals surface area (Å²) in [5, 5.41) is 2.62. The lowest BCUT2D eigenvalue weighted by Gasteiger charge is -2.11. The van der Waals surface area contributed by atoms with E-state index in [2.05, 4.69) is 5.32 Å². The quantitative estimate of drug-likeness (QED) is 0.708. The van der Waals surface area contributed by atoms with Gasteiger partial charge < -0.3 is 14.6 Å². The van der Waals surface area contributed by atoms with Crippen LogP contribution < -0.4 is 10.9 Å². The highest BCUT2D eigenvalue weighted by Crippen LogP contribution is 2.16. The Kier molecular flexibility index (Phi) is 5.47. The molecule has 0 unspecified atom stereocenters. The first-order valence-corrected chi connectivity index (χ1v) is 8.32. The van der Waals surface area contributed by atoms with Gasteiger partial charge in [0.1, 0.15) is 5.56 Å². The largest absolute Gasteiger partial charge is 0.465 e. The summed E-state index contributed by atoms with van der Waals surface area (Å²) in [7, 11) is 1.26. The molecule has 6 heteroatoms. The molecule has 0 saturated heterocycles. The zero-order chi connectivity index (χ0) is 19.2. The first-order chi connectivity index (χ1) is 13.1. The fourth-order valence-corrected chi connectivity index (χ4v) is 2.68. The third kappa shape index (κ3) is 4.12. The zero-order valence-corrected chi connectivity index (χ0v) is 14.7. The van der Waals surface area contributed by atoms with Crippen molar-refractivity contribution >= 4 is 17.6 Å². The highest BCUT2D eigenvalue weighted by molar-refractivity contribution is 6.07. The second-order valence-corrected chi connectivity index (χ2v) is 5.83. The van der Waals surface area contributed by atoms with E-state index in [0.29, 0.717) is 6.54 Å². The molecule has 0 radical (unpaired) electrons. The molecule has 0 saturated carbocycles. The summed E-state index contributed by atoms with van der Waals surface area (Å²) in [6, 6.07) is 19.1. The summed E-state index contributed by atoms with van der Waals surface area (Å²) < 4.78 is 6.19. The van der Waals surface area contributed by atoms with Gasteiger partial charge in [0.25, 0.3) is 11.5 Å². The van der Waals surface area contributed by atoms with Gasteiger partial charge in [-0.15, -0.1) is 0 Å². The number of ether oxygens (including phenoxy) is 1. The monoisotopic (exact) mass is 362 g/mol. The molecule has 1 heterocycles. The molecule has 0 spiro atoms. The fraction of sp³-hybridized carbons (Fsp3) is 0.0952. The highest BCUT2D eigenvalue weighted by atomic mass is 16.5. The zero-order valence-electron chi connectivity index (χ0n) is 14.7. The Labute approximate surface area is 156 Å². The van der Waals surface area contributed by atoms with Crippen LogP contribution in [0, 0.1) is 0 Å². The summed E-state index contributed by atoms with van der Waals surface area (Å²) in [6.07, 6.45) is 1.63. The molecule has 1 aromatic heterocycles. The van der Waals surface area contributed by atoms with E-state index < -0.39 is 17.4 Å². The number of methoxy groups -OCH3 is 1. The van der Waals surface area contributed by atoms with E-state index in [1.165, 1.54) is 17.7 Å². The number of anilines is 1. The van der Waals surface area contributed by atoms with Gasteiger partial charge in [-0.2, -0.15) is 0 Å². The van der Waals surface area contributed by atoms with Gasteiger partial charge in [0.15, 0.2) is 0 Å². The maximum absolute atomic E-state index is 12.7. The topological polar surface area (TPSA) is 77.4 Å². The molecule has 6 nitrogen and oxygen atoms in total. The molecular formula is C21H18N2O4. The molecule has 1 N–H and O–H groups in total. The maximum Gasteiger partial charge on any atom is 0.339 e. The molecule has 0 aliphatic rings. The number of rotatable bonds is 5. The standard InChI is InChI=1S/C21H18N2O4/c1-27-21(26)16-10-5-6-12-18(16)22-19(24)17-11-7-13-23(20(17)25)14-15-8-3-2-4-9-15/h2-13H,14H2,1H3,(H,22,24). The number of carbonyl (C=O) groups excluding carboxylic acids is 2. The molecule has 0 atom stereocenters. The smallest absolute Gasteiger partial charge is 0.339 e. The van der Waals surface area contributed by atoms with Gasteiger partial charge in [-0.05, 0) is 29.8 Å². The molecule has 1 amide bonds. The first-order valence-electron chi connectivity index (χ1n) is 8.32. The molecule has 0 bridgehead atoms. The second kappa shape index (κ2) is 8.14. The lowest BCUT2D eigenvalue weighted by atomic mass is 10.1. The van der Waals surface area contributed by atoms with Gasteiger partial charge >= 0.3 is 5.97 Å².